The minimum Gasteiger partial charge on any atom is -0.497 e. The first-order valence-electron chi connectivity index (χ1n) is 10.3. The molecule has 4 rings (SSSR count). The molecule has 1 aliphatic rings. The number of carbonyl (C=O) groups excluding carboxylic acids is 1. The Hall–Kier alpha value is -3.56. The Morgan fingerprint density at radius 3 is 2.69 bits per heavy atom. The number of nitrogen functional groups attached to an aromatic ring is 1. The number of methoxy groups -OCH3 is 1. The van der Waals surface area contributed by atoms with Crippen molar-refractivity contribution in [2.45, 2.75) is 13.0 Å². The molecule has 2 aromatic heterocycles. The first-order chi connectivity index (χ1) is 15.5. The quantitative estimate of drug-likeness (QED) is 0.608. The van der Waals surface area contributed by atoms with E-state index < -0.39 is 0 Å². The number of hydrogen-bond donors (Lipinski definition) is 2. The van der Waals surface area contributed by atoms with Crippen molar-refractivity contribution in [1.82, 2.24) is 19.9 Å². The van der Waals surface area contributed by atoms with Crippen LogP contribution in [0.5, 0.6) is 5.75 Å². The van der Waals surface area contributed by atoms with Gasteiger partial charge in [0.2, 0.25) is 11.9 Å². The highest BCUT2D eigenvalue weighted by molar-refractivity contribution is 5.92. The highest BCUT2D eigenvalue weighted by atomic mass is 16.5. The molecule has 3 N–H and O–H groups in total. The van der Waals surface area contributed by atoms with E-state index in [4.69, 9.17) is 15.2 Å². The van der Waals surface area contributed by atoms with E-state index in [0.29, 0.717) is 19.7 Å². The van der Waals surface area contributed by atoms with Crippen LogP contribution in [0.3, 0.4) is 0 Å². The largest absolute Gasteiger partial charge is 0.497 e. The van der Waals surface area contributed by atoms with Gasteiger partial charge in [0.1, 0.15) is 11.9 Å². The van der Waals surface area contributed by atoms with E-state index in [-0.39, 0.29) is 24.5 Å². The normalized spacial score (nSPS) is 16.5. The third-order valence-electron chi connectivity index (χ3n) is 5.20. The summed E-state index contributed by atoms with van der Waals surface area (Å²) in [4.78, 5) is 27.4. The molecule has 32 heavy (non-hydrogen) atoms. The van der Waals surface area contributed by atoms with E-state index >= 15 is 0 Å². The summed E-state index contributed by atoms with van der Waals surface area (Å²) in [7, 11) is 1.61. The number of morpholine rings is 1. The van der Waals surface area contributed by atoms with Gasteiger partial charge in [0.15, 0.2) is 0 Å². The predicted octanol–water partition coefficient (Wildman–Crippen LogP) is 2.45. The number of rotatable bonds is 6. The van der Waals surface area contributed by atoms with Crippen LogP contribution >= 0.6 is 0 Å². The number of aryl methyl sites for hydroxylation is 1. The fourth-order valence-electron chi connectivity index (χ4n) is 3.62. The average Bonchev–Trinajstić information content (AvgIpc) is 2.80. The molecule has 0 saturated carbocycles. The molecular formula is C23H26N6O3. The number of carbonyl (C=O) groups is 1. The number of anilines is 2. The zero-order chi connectivity index (χ0) is 22.5. The maximum absolute atomic E-state index is 12.5. The zero-order valence-electron chi connectivity index (χ0n) is 18.1. The van der Waals surface area contributed by atoms with Crippen molar-refractivity contribution in [3.63, 3.8) is 0 Å². The van der Waals surface area contributed by atoms with Crippen molar-refractivity contribution < 1.29 is 14.3 Å². The number of amides is 1. The predicted molar refractivity (Wildman–Crippen MR) is 121 cm³/mol. The van der Waals surface area contributed by atoms with Crippen molar-refractivity contribution >= 4 is 17.5 Å². The number of nitrogens with zero attached hydrogens (tertiary/aromatic N) is 4. The molecule has 0 bridgehead atoms. The number of pyridine rings is 1. The topological polar surface area (TPSA) is 115 Å². The van der Waals surface area contributed by atoms with Crippen molar-refractivity contribution in [2.24, 2.45) is 0 Å². The summed E-state index contributed by atoms with van der Waals surface area (Å²) < 4.78 is 11.1. The van der Waals surface area contributed by atoms with Gasteiger partial charge < -0.3 is 20.5 Å². The van der Waals surface area contributed by atoms with Gasteiger partial charge in [-0.3, -0.25) is 14.7 Å². The molecule has 1 aliphatic heterocycles. The number of ether oxygens (including phenoxy) is 2. The van der Waals surface area contributed by atoms with Gasteiger partial charge >= 0.3 is 0 Å². The second-order valence-corrected chi connectivity index (χ2v) is 7.62. The lowest BCUT2D eigenvalue weighted by Crippen LogP contribution is -2.42. The van der Waals surface area contributed by atoms with Crippen LogP contribution in [0.4, 0.5) is 11.6 Å². The molecule has 166 valence electrons. The lowest BCUT2D eigenvalue weighted by molar-refractivity contribution is -0.119. The Labute approximate surface area is 186 Å². The Kier molecular flexibility index (Phi) is 6.58. The van der Waals surface area contributed by atoms with Gasteiger partial charge in [-0.05, 0) is 48.9 Å². The van der Waals surface area contributed by atoms with Crippen LogP contribution < -0.4 is 15.8 Å². The van der Waals surface area contributed by atoms with Crippen LogP contribution in [0, 0.1) is 6.92 Å². The molecule has 0 radical (unpaired) electrons. The van der Waals surface area contributed by atoms with E-state index in [1.54, 1.807) is 19.5 Å². The van der Waals surface area contributed by atoms with Crippen molar-refractivity contribution in [3.05, 3.63) is 60.2 Å². The van der Waals surface area contributed by atoms with Crippen molar-refractivity contribution in [3.8, 4) is 16.9 Å². The maximum atomic E-state index is 12.5. The minimum atomic E-state index is -0.231. The van der Waals surface area contributed by atoms with E-state index in [0.717, 1.165) is 34.0 Å². The molecular weight excluding hydrogens is 408 g/mol. The summed E-state index contributed by atoms with van der Waals surface area (Å²) in [5.41, 5.74) is 9.83. The first kappa shape index (κ1) is 21.7. The fraction of sp³-hybridized carbons (Fsp3) is 0.304. The third-order valence-corrected chi connectivity index (χ3v) is 5.20. The summed E-state index contributed by atoms with van der Waals surface area (Å²) >= 11 is 0. The Morgan fingerprint density at radius 1 is 1.22 bits per heavy atom. The number of aromatic nitrogens is 3. The van der Waals surface area contributed by atoms with Crippen LogP contribution in [0.2, 0.25) is 0 Å². The molecule has 1 atom stereocenters. The second-order valence-electron chi connectivity index (χ2n) is 7.62. The van der Waals surface area contributed by atoms with Gasteiger partial charge in [0.25, 0.3) is 0 Å². The van der Waals surface area contributed by atoms with Gasteiger partial charge in [-0.25, -0.2) is 9.97 Å². The lowest BCUT2D eigenvalue weighted by Gasteiger charge is -2.32. The Bertz CT molecular complexity index is 1070. The summed E-state index contributed by atoms with van der Waals surface area (Å²) in [5, 5.41) is 2.92. The number of nitrogens with two attached hydrogens (primary N) is 1. The second kappa shape index (κ2) is 9.71. The average molecular weight is 435 g/mol. The van der Waals surface area contributed by atoms with Gasteiger partial charge in [0.05, 0.1) is 26.0 Å². The lowest BCUT2D eigenvalue weighted by atomic mass is 10.1. The van der Waals surface area contributed by atoms with Crippen LogP contribution in [0.15, 0.2) is 48.8 Å². The molecule has 1 saturated heterocycles. The van der Waals surface area contributed by atoms with E-state index in [9.17, 15) is 4.79 Å². The molecule has 1 amide bonds. The summed E-state index contributed by atoms with van der Waals surface area (Å²) in [6.45, 7) is 3.99. The minimum absolute atomic E-state index is 0.0762. The molecule has 1 fully saturated rings. The molecule has 9 heteroatoms. The molecule has 9 nitrogen and oxygen atoms in total. The van der Waals surface area contributed by atoms with Gasteiger partial charge in [0, 0.05) is 42.4 Å². The Balaban J connectivity index is 1.42. The summed E-state index contributed by atoms with van der Waals surface area (Å²) in [6, 6.07) is 11.2. The zero-order valence-corrected chi connectivity index (χ0v) is 18.1. The smallest absolute Gasteiger partial charge is 0.238 e. The van der Waals surface area contributed by atoms with E-state index in [2.05, 4.69) is 25.2 Å². The highest BCUT2D eigenvalue weighted by Crippen LogP contribution is 2.26. The fourth-order valence-corrected chi connectivity index (χ4v) is 3.62. The molecule has 3 aromatic rings. The molecule has 3 heterocycles. The monoisotopic (exact) mass is 434 g/mol. The SMILES string of the molecule is COc1ccc(NC(=O)CN2CCO[C@H](c3cc(-c4cnc(N)nc4)cc(C)n3)C2)cc1. The van der Waals surface area contributed by atoms with Crippen LogP contribution in [-0.2, 0) is 9.53 Å². The van der Waals surface area contributed by atoms with Gasteiger partial charge in [-0.2, -0.15) is 0 Å². The summed E-state index contributed by atoms with van der Waals surface area (Å²) in [5.74, 6) is 0.904. The molecule has 0 spiro atoms. The van der Waals surface area contributed by atoms with Crippen molar-refractivity contribution in [1.29, 1.82) is 0 Å². The summed E-state index contributed by atoms with van der Waals surface area (Å²) in [6.07, 6.45) is 3.16. The first-order valence-corrected chi connectivity index (χ1v) is 10.3. The number of hydrogen-bond acceptors (Lipinski definition) is 8. The van der Waals surface area contributed by atoms with Crippen LogP contribution in [0.1, 0.15) is 17.5 Å². The van der Waals surface area contributed by atoms with Crippen molar-refractivity contribution in [2.75, 3.05) is 44.4 Å². The third kappa shape index (κ3) is 5.37. The maximum Gasteiger partial charge on any atom is 0.238 e. The van der Waals surface area contributed by atoms with E-state index in [1.807, 2.05) is 43.3 Å². The van der Waals surface area contributed by atoms with Gasteiger partial charge in [-0.15, -0.1) is 0 Å². The molecule has 1 aromatic carbocycles. The van der Waals surface area contributed by atoms with E-state index in [1.165, 1.54) is 0 Å². The Morgan fingerprint density at radius 2 is 1.97 bits per heavy atom. The molecule has 0 unspecified atom stereocenters. The molecule has 0 aliphatic carbocycles. The van der Waals surface area contributed by atoms with Crippen LogP contribution in [-0.4, -0.2) is 59.1 Å². The number of nitrogens with one attached hydrogen (secondary N) is 1. The standard InChI is InChI=1S/C23H26N6O3/c1-15-9-16(17-11-25-23(24)26-12-17)10-20(27-15)21-13-29(7-8-32-21)14-22(30)28-18-3-5-19(31-2)6-4-18/h3-6,9-12,21H,7-8,13-14H2,1-2H3,(H,28,30)(H2,24,25,26)/t21-/m0/s1. The van der Waals surface area contributed by atoms with Crippen LogP contribution in [0.25, 0.3) is 11.1 Å². The number of benzene rings is 1. The highest BCUT2D eigenvalue weighted by Gasteiger charge is 2.25. The van der Waals surface area contributed by atoms with Gasteiger partial charge in [-0.1, -0.05) is 0 Å².